The normalized spacial score (nSPS) is 11.2. The highest BCUT2D eigenvalue weighted by Gasteiger charge is 2.17. The third-order valence-electron chi connectivity index (χ3n) is 3.66. The molecule has 0 spiro atoms. The van der Waals surface area contributed by atoms with Gasteiger partial charge < -0.3 is 19.4 Å². The van der Waals surface area contributed by atoms with Gasteiger partial charge in [0.1, 0.15) is 0 Å². The number of nitrogens with zero attached hydrogens (tertiary/aromatic N) is 2. The van der Waals surface area contributed by atoms with E-state index in [2.05, 4.69) is 10.3 Å². The van der Waals surface area contributed by atoms with E-state index in [1.807, 2.05) is 13.8 Å². The molecule has 0 saturated heterocycles. The first-order chi connectivity index (χ1) is 11.9. The highest BCUT2D eigenvalue weighted by atomic mass is 35.5. The number of anilines is 2. The SMILES string of the molecule is COCC(COC)n1cc(C)nc(Nc2c(C)cc(Cl)cc2Cl)c1=O. The summed E-state index contributed by atoms with van der Waals surface area (Å²) < 4.78 is 12.0. The highest BCUT2D eigenvalue weighted by molar-refractivity contribution is 6.36. The largest absolute Gasteiger partial charge is 0.382 e. The van der Waals surface area contributed by atoms with Gasteiger partial charge in [-0.05, 0) is 31.5 Å². The summed E-state index contributed by atoms with van der Waals surface area (Å²) in [6, 6.07) is 3.13. The van der Waals surface area contributed by atoms with Crippen LogP contribution in [0, 0.1) is 13.8 Å². The number of hydrogen-bond donors (Lipinski definition) is 1. The first-order valence-electron chi connectivity index (χ1n) is 7.67. The van der Waals surface area contributed by atoms with Crippen molar-refractivity contribution >= 4 is 34.7 Å². The van der Waals surface area contributed by atoms with Crippen LogP contribution in [0.4, 0.5) is 11.5 Å². The monoisotopic (exact) mass is 385 g/mol. The number of ether oxygens (including phenoxy) is 2. The number of aryl methyl sites for hydroxylation is 2. The van der Waals surface area contributed by atoms with Crippen molar-refractivity contribution in [1.82, 2.24) is 9.55 Å². The van der Waals surface area contributed by atoms with Crippen LogP contribution in [0.2, 0.25) is 10.0 Å². The van der Waals surface area contributed by atoms with E-state index in [-0.39, 0.29) is 17.4 Å². The van der Waals surface area contributed by atoms with Gasteiger partial charge in [0.15, 0.2) is 5.82 Å². The molecular formula is C17H21Cl2N3O3. The van der Waals surface area contributed by atoms with Gasteiger partial charge in [-0.1, -0.05) is 23.2 Å². The standard InChI is InChI=1S/C17H21Cl2N3O3/c1-10-5-12(18)6-14(19)15(10)21-16-17(23)22(7-11(2)20-16)13(8-24-3)9-25-4/h5-7,13H,8-9H2,1-4H3,(H,20,21). The van der Waals surface area contributed by atoms with Gasteiger partial charge in [0.05, 0.1) is 35.7 Å². The fraction of sp³-hybridized carbons (Fsp3) is 0.412. The second-order valence-electron chi connectivity index (χ2n) is 5.71. The molecule has 0 aliphatic rings. The number of nitrogens with one attached hydrogen (secondary N) is 1. The number of hydrogen-bond acceptors (Lipinski definition) is 5. The maximum absolute atomic E-state index is 12.9. The predicted octanol–water partition coefficient (Wildman–Crippen LogP) is 3.74. The lowest BCUT2D eigenvalue weighted by atomic mass is 10.2. The number of aromatic nitrogens is 2. The third-order valence-corrected chi connectivity index (χ3v) is 4.17. The minimum absolute atomic E-state index is 0.185. The minimum atomic E-state index is -0.282. The van der Waals surface area contributed by atoms with Crippen LogP contribution in [0.3, 0.4) is 0 Å². The molecule has 0 atom stereocenters. The summed E-state index contributed by atoms with van der Waals surface area (Å²) in [6.45, 7) is 4.36. The molecule has 1 heterocycles. The van der Waals surface area contributed by atoms with Crippen LogP contribution < -0.4 is 10.9 Å². The molecule has 8 heteroatoms. The van der Waals surface area contributed by atoms with E-state index in [9.17, 15) is 4.79 Å². The van der Waals surface area contributed by atoms with Crippen LogP contribution in [0.15, 0.2) is 23.1 Å². The Kier molecular flexibility index (Phi) is 6.84. The van der Waals surface area contributed by atoms with Gasteiger partial charge in [0.2, 0.25) is 0 Å². The molecular weight excluding hydrogens is 365 g/mol. The van der Waals surface area contributed by atoms with Gasteiger partial charge in [-0.15, -0.1) is 0 Å². The van der Waals surface area contributed by atoms with Crippen molar-refractivity contribution in [2.45, 2.75) is 19.9 Å². The zero-order chi connectivity index (χ0) is 18.6. The Balaban J connectivity index is 2.48. The molecule has 0 saturated carbocycles. The van der Waals surface area contributed by atoms with Crippen molar-refractivity contribution in [3.8, 4) is 0 Å². The van der Waals surface area contributed by atoms with Crippen LogP contribution in [-0.2, 0) is 9.47 Å². The highest BCUT2D eigenvalue weighted by Crippen LogP contribution is 2.31. The van der Waals surface area contributed by atoms with E-state index in [4.69, 9.17) is 32.7 Å². The molecule has 25 heavy (non-hydrogen) atoms. The molecule has 0 fully saturated rings. The van der Waals surface area contributed by atoms with Crippen molar-refractivity contribution < 1.29 is 9.47 Å². The van der Waals surface area contributed by atoms with E-state index in [1.165, 1.54) is 0 Å². The number of methoxy groups -OCH3 is 2. The Morgan fingerprint density at radius 1 is 1.20 bits per heavy atom. The fourth-order valence-electron chi connectivity index (χ4n) is 2.56. The maximum Gasteiger partial charge on any atom is 0.294 e. The van der Waals surface area contributed by atoms with Gasteiger partial charge in [-0.3, -0.25) is 4.79 Å². The molecule has 1 aromatic heterocycles. The molecule has 136 valence electrons. The summed E-state index contributed by atoms with van der Waals surface area (Å²) in [5.74, 6) is 0.185. The predicted molar refractivity (Wildman–Crippen MR) is 101 cm³/mol. The number of rotatable bonds is 7. The second-order valence-corrected chi connectivity index (χ2v) is 6.56. The first kappa shape index (κ1) is 19.7. The van der Waals surface area contributed by atoms with E-state index >= 15 is 0 Å². The van der Waals surface area contributed by atoms with E-state index in [0.29, 0.717) is 34.6 Å². The first-order valence-corrected chi connectivity index (χ1v) is 8.43. The Morgan fingerprint density at radius 2 is 1.84 bits per heavy atom. The Labute approximate surface area is 156 Å². The van der Waals surface area contributed by atoms with Gasteiger partial charge >= 0.3 is 0 Å². The van der Waals surface area contributed by atoms with Crippen molar-refractivity contribution in [3.05, 3.63) is 50.0 Å². The minimum Gasteiger partial charge on any atom is -0.382 e. The Bertz CT molecular complexity index is 779. The molecule has 0 aliphatic carbocycles. The molecule has 0 aliphatic heterocycles. The zero-order valence-corrected chi connectivity index (χ0v) is 16.1. The van der Waals surface area contributed by atoms with Crippen LogP contribution in [0.5, 0.6) is 0 Å². The lowest BCUT2D eigenvalue weighted by Gasteiger charge is -2.20. The maximum atomic E-state index is 12.9. The topological polar surface area (TPSA) is 65.4 Å². The van der Waals surface area contributed by atoms with Gasteiger partial charge in [0, 0.05) is 25.4 Å². The van der Waals surface area contributed by atoms with Crippen molar-refractivity contribution in [3.63, 3.8) is 0 Å². The summed E-state index contributed by atoms with van der Waals surface area (Å²) in [7, 11) is 3.16. The molecule has 6 nitrogen and oxygen atoms in total. The van der Waals surface area contributed by atoms with Crippen LogP contribution in [0.1, 0.15) is 17.3 Å². The van der Waals surface area contributed by atoms with E-state index in [0.717, 1.165) is 5.56 Å². The summed E-state index contributed by atoms with van der Waals surface area (Å²) >= 11 is 12.3. The number of benzene rings is 1. The molecule has 0 amide bonds. The zero-order valence-electron chi connectivity index (χ0n) is 14.6. The van der Waals surface area contributed by atoms with E-state index < -0.39 is 0 Å². The smallest absolute Gasteiger partial charge is 0.294 e. The van der Waals surface area contributed by atoms with Crippen LogP contribution >= 0.6 is 23.2 Å². The Morgan fingerprint density at radius 3 is 2.40 bits per heavy atom. The average molecular weight is 386 g/mol. The van der Waals surface area contributed by atoms with Crippen LogP contribution in [0.25, 0.3) is 0 Å². The quantitative estimate of drug-likeness (QED) is 0.785. The molecule has 0 bridgehead atoms. The summed E-state index contributed by atoms with van der Waals surface area (Å²) in [6.07, 6.45) is 1.69. The van der Waals surface area contributed by atoms with Crippen molar-refractivity contribution in [2.75, 3.05) is 32.8 Å². The lowest BCUT2D eigenvalue weighted by Crippen LogP contribution is -2.32. The van der Waals surface area contributed by atoms with Crippen molar-refractivity contribution in [2.24, 2.45) is 0 Å². The van der Waals surface area contributed by atoms with Gasteiger partial charge in [-0.2, -0.15) is 0 Å². The molecule has 2 rings (SSSR count). The second kappa shape index (κ2) is 8.67. The third kappa shape index (κ3) is 4.73. The summed E-state index contributed by atoms with van der Waals surface area (Å²) in [5.41, 5.74) is 1.82. The van der Waals surface area contributed by atoms with Gasteiger partial charge in [-0.25, -0.2) is 4.98 Å². The molecule has 1 N–H and O–H groups in total. The molecule has 0 radical (unpaired) electrons. The average Bonchev–Trinajstić information content (AvgIpc) is 2.53. The van der Waals surface area contributed by atoms with Crippen molar-refractivity contribution in [1.29, 1.82) is 0 Å². The van der Waals surface area contributed by atoms with Gasteiger partial charge in [0.25, 0.3) is 5.56 Å². The molecule has 1 aromatic carbocycles. The summed E-state index contributed by atoms with van der Waals surface area (Å²) in [5, 5.41) is 3.99. The molecule has 2 aromatic rings. The van der Waals surface area contributed by atoms with E-state index in [1.54, 1.807) is 37.1 Å². The Hall–Kier alpha value is -1.60. The fourth-order valence-corrected chi connectivity index (χ4v) is 3.20. The lowest BCUT2D eigenvalue weighted by molar-refractivity contribution is 0.0878. The number of halogens is 2. The molecule has 0 unspecified atom stereocenters. The summed E-state index contributed by atoms with van der Waals surface area (Å²) in [4.78, 5) is 17.2. The van der Waals surface area contributed by atoms with Crippen LogP contribution in [-0.4, -0.2) is 37.0 Å².